The van der Waals surface area contributed by atoms with Crippen LogP contribution in [0.2, 0.25) is 0 Å². The van der Waals surface area contributed by atoms with E-state index in [0.29, 0.717) is 6.42 Å². The summed E-state index contributed by atoms with van der Waals surface area (Å²) in [5.74, 6) is 1.88. The third-order valence-corrected chi connectivity index (χ3v) is 6.76. The van der Waals surface area contributed by atoms with Gasteiger partial charge in [-0.1, -0.05) is 60.7 Å². The molecular weight excluding hydrogens is 356 g/mol. The number of piperidine rings is 2. The van der Waals surface area contributed by atoms with E-state index in [1.807, 2.05) is 30.3 Å². The fraction of sp³-hybridized carbons (Fsp3) is 0.500. The maximum atomic E-state index is 12.6. The highest BCUT2D eigenvalue weighted by Gasteiger charge is 2.26. The Labute approximate surface area is 175 Å². The third-order valence-electron chi connectivity index (χ3n) is 6.76. The molecule has 2 saturated heterocycles. The third kappa shape index (κ3) is 5.93. The Hall–Kier alpha value is -2.13. The standard InChI is InChI=1S/C26H34N2O/c29-26(20-23-9-5-2-6-10-23)28-17-13-25(14-18-28)21-27-15-11-24(12-16-27)19-22-7-3-1-4-8-22/h1-10,24-25H,11-21H2. The molecule has 2 aromatic carbocycles. The molecule has 3 heteroatoms. The molecule has 2 aromatic rings. The van der Waals surface area contributed by atoms with Gasteiger partial charge in [-0.25, -0.2) is 0 Å². The highest BCUT2D eigenvalue weighted by atomic mass is 16.2. The average molecular weight is 391 g/mol. The van der Waals surface area contributed by atoms with Gasteiger partial charge in [0.1, 0.15) is 0 Å². The van der Waals surface area contributed by atoms with Gasteiger partial charge < -0.3 is 9.80 Å². The van der Waals surface area contributed by atoms with Crippen molar-refractivity contribution >= 4 is 5.91 Å². The van der Waals surface area contributed by atoms with E-state index in [1.54, 1.807) is 0 Å². The minimum atomic E-state index is 0.288. The maximum Gasteiger partial charge on any atom is 0.226 e. The molecule has 4 rings (SSSR count). The van der Waals surface area contributed by atoms with Gasteiger partial charge in [0, 0.05) is 19.6 Å². The summed E-state index contributed by atoms with van der Waals surface area (Å²) in [6, 6.07) is 21.1. The van der Waals surface area contributed by atoms with Crippen molar-refractivity contribution in [2.45, 2.75) is 38.5 Å². The van der Waals surface area contributed by atoms with Crippen molar-refractivity contribution in [2.24, 2.45) is 11.8 Å². The Morgan fingerprint density at radius 2 is 1.28 bits per heavy atom. The van der Waals surface area contributed by atoms with Crippen LogP contribution in [0.1, 0.15) is 36.8 Å². The first-order valence-electron chi connectivity index (χ1n) is 11.3. The van der Waals surface area contributed by atoms with E-state index in [0.717, 1.165) is 43.3 Å². The van der Waals surface area contributed by atoms with E-state index in [4.69, 9.17) is 0 Å². The Kier molecular flexibility index (Phi) is 7.00. The molecule has 2 heterocycles. The second-order valence-corrected chi connectivity index (χ2v) is 8.92. The van der Waals surface area contributed by atoms with E-state index in [9.17, 15) is 4.79 Å². The fourth-order valence-electron chi connectivity index (χ4n) is 4.93. The van der Waals surface area contributed by atoms with Crippen molar-refractivity contribution in [1.82, 2.24) is 9.80 Å². The fourth-order valence-corrected chi connectivity index (χ4v) is 4.93. The molecule has 0 unspecified atom stereocenters. The Balaban J connectivity index is 1.15. The number of benzene rings is 2. The first-order valence-corrected chi connectivity index (χ1v) is 11.3. The van der Waals surface area contributed by atoms with Gasteiger partial charge in [-0.3, -0.25) is 4.79 Å². The van der Waals surface area contributed by atoms with Gasteiger partial charge in [-0.05, 0) is 68.2 Å². The number of amides is 1. The molecule has 0 N–H and O–H groups in total. The lowest BCUT2D eigenvalue weighted by Gasteiger charge is -2.37. The second kappa shape index (κ2) is 10.1. The van der Waals surface area contributed by atoms with Crippen LogP contribution in [0.25, 0.3) is 0 Å². The van der Waals surface area contributed by atoms with Crippen LogP contribution >= 0.6 is 0 Å². The lowest BCUT2D eigenvalue weighted by Crippen LogP contribution is -2.43. The molecule has 1 amide bonds. The lowest BCUT2D eigenvalue weighted by molar-refractivity contribution is -0.131. The minimum Gasteiger partial charge on any atom is -0.342 e. The summed E-state index contributed by atoms with van der Waals surface area (Å²) in [7, 11) is 0. The van der Waals surface area contributed by atoms with Gasteiger partial charge in [-0.2, -0.15) is 0 Å². The van der Waals surface area contributed by atoms with Crippen LogP contribution in [-0.2, 0) is 17.6 Å². The molecule has 29 heavy (non-hydrogen) atoms. The summed E-state index contributed by atoms with van der Waals surface area (Å²) < 4.78 is 0. The summed E-state index contributed by atoms with van der Waals surface area (Å²) in [6.07, 6.45) is 6.73. The van der Waals surface area contributed by atoms with Gasteiger partial charge in [0.05, 0.1) is 6.42 Å². The smallest absolute Gasteiger partial charge is 0.226 e. The molecule has 3 nitrogen and oxygen atoms in total. The predicted octanol–water partition coefficient (Wildman–Crippen LogP) is 4.42. The number of rotatable bonds is 6. The first-order chi connectivity index (χ1) is 14.3. The molecular formula is C26H34N2O. The van der Waals surface area contributed by atoms with Crippen LogP contribution in [0.3, 0.4) is 0 Å². The summed E-state index contributed by atoms with van der Waals surface area (Å²) in [4.78, 5) is 17.3. The highest BCUT2D eigenvalue weighted by Crippen LogP contribution is 2.25. The Morgan fingerprint density at radius 1 is 0.724 bits per heavy atom. The maximum absolute atomic E-state index is 12.6. The number of carbonyl (C=O) groups is 1. The molecule has 0 aromatic heterocycles. The van der Waals surface area contributed by atoms with Gasteiger partial charge in [-0.15, -0.1) is 0 Å². The van der Waals surface area contributed by atoms with E-state index in [-0.39, 0.29) is 5.91 Å². The Morgan fingerprint density at radius 3 is 1.90 bits per heavy atom. The number of likely N-dealkylation sites (tertiary alicyclic amines) is 2. The molecule has 0 radical (unpaired) electrons. The number of carbonyl (C=O) groups excluding carboxylic acids is 1. The monoisotopic (exact) mass is 390 g/mol. The van der Waals surface area contributed by atoms with E-state index < -0.39 is 0 Å². The van der Waals surface area contributed by atoms with Crippen molar-refractivity contribution < 1.29 is 4.79 Å². The number of hydrogen-bond acceptors (Lipinski definition) is 2. The van der Waals surface area contributed by atoms with Crippen LogP contribution in [0.4, 0.5) is 0 Å². The van der Waals surface area contributed by atoms with E-state index in [2.05, 4.69) is 40.1 Å². The number of hydrogen-bond donors (Lipinski definition) is 0. The molecule has 0 bridgehead atoms. The molecule has 0 spiro atoms. The largest absolute Gasteiger partial charge is 0.342 e. The van der Waals surface area contributed by atoms with Crippen LogP contribution < -0.4 is 0 Å². The zero-order chi connectivity index (χ0) is 19.9. The zero-order valence-corrected chi connectivity index (χ0v) is 17.5. The normalized spacial score (nSPS) is 19.4. The first kappa shape index (κ1) is 20.2. The summed E-state index contributed by atoms with van der Waals surface area (Å²) in [5, 5.41) is 0. The molecule has 2 aliphatic heterocycles. The van der Waals surface area contributed by atoms with Crippen LogP contribution in [0, 0.1) is 11.8 Å². The van der Waals surface area contributed by atoms with Crippen molar-refractivity contribution in [2.75, 3.05) is 32.7 Å². The summed E-state index contributed by atoms with van der Waals surface area (Å²) >= 11 is 0. The van der Waals surface area contributed by atoms with E-state index in [1.165, 1.54) is 44.5 Å². The molecule has 2 fully saturated rings. The Bertz CT molecular complexity index is 745. The van der Waals surface area contributed by atoms with Crippen molar-refractivity contribution in [3.8, 4) is 0 Å². The molecule has 154 valence electrons. The summed E-state index contributed by atoms with van der Waals surface area (Å²) in [6.45, 7) is 5.57. The molecule has 0 saturated carbocycles. The van der Waals surface area contributed by atoms with Crippen LogP contribution in [0.15, 0.2) is 60.7 Å². The molecule has 0 atom stereocenters. The van der Waals surface area contributed by atoms with Gasteiger partial charge >= 0.3 is 0 Å². The van der Waals surface area contributed by atoms with Crippen molar-refractivity contribution in [3.63, 3.8) is 0 Å². The van der Waals surface area contributed by atoms with Gasteiger partial charge in [0.25, 0.3) is 0 Å². The van der Waals surface area contributed by atoms with Crippen molar-refractivity contribution in [3.05, 3.63) is 71.8 Å². The topological polar surface area (TPSA) is 23.6 Å². The quantitative estimate of drug-likeness (QED) is 0.729. The van der Waals surface area contributed by atoms with Gasteiger partial charge in [0.2, 0.25) is 5.91 Å². The van der Waals surface area contributed by atoms with Gasteiger partial charge in [0.15, 0.2) is 0 Å². The number of nitrogens with zero attached hydrogens (tertiary/aromatic N) is 2. The molecule has 2 aliphatic rings. The highest BCUT2D eigenvalue weighted by molar-refractivity contribution is 5.78. The average Bonchev–Trinajstić information content (AvgIpc) is 2.77. The second-order valence-electron chi connectivity index (χ2n) is 8.92. The minimum absolute atomic E-state index is 0.288. The van der Waals surface area contributed by atoms with Crippen molar-refractivity contribution in [1.29, 1.82) is 0 Å². The van der Waals surface area contributed by atoms with E-state index >= 15 is 0 Å². The lowest BCUT2D eigenvalue weighted by atomic mass is 9.89. The van der Waals surface area contributed by atoms with Crippen LogP contribution in [-0.4, -0.2) is 48.4 Å². The van der Waals surface area contributed by atoms with Crippen LogP contribution in [0.5, 0.6) is 0 Å². The predicted molar refractivity (Wildman–Crippen MR) is 119 cm³/mol. The summed E-state index contributed by atoms with van der Waals surface area (Å²) in [5.41, 5.74) is 2.61. The molecule has 0 aliphatic carbocycles. The SMILES string of the molecule is O=C(Cc1ccccc1)N1CCC(CN2CCC(Cc3ccccc3)CC2)CC1. The zero-order valence-electron chi connectivity index (χ0n) is 17.5.